The van der Waals surface area contributed by atoms with Crippen LogP contribution in [0.1, 0.15) is 11.1 Å². The molecule has 0 heterocycles. The van der Waals surface area contributed by atoms with Crippen molar-refractivity contribution in [2.75, 3.05) is 0 Å². The lowest BCUT2D eigenvalue weighted by Crippen LogP contribution is -2.00. The molecule has 2 aromatic carbocycles. The minimum atomic E-state index is -3.39. The molecule has 0 bridgehead atoms. The molecule has 0 amide bonds. The Hall–Kier alpha value is -1.46. The minimum absolute atomic E-state index is 0.145. The molecule has 0 aliphatic heterocycles. The van der Waals surface area contributed by atoms with Crippen molar-refractivity contribution >= 4 is 31.8 Å². The molecule has 20 heavy (non-hydrogen) atoms. The van der Waals surface area contributed by atoms with Crippen molar-refractivity contribution in [3.05, 3.63) is 75.4 Å². The third-order valence-electron chi connectivity index (χ3n) is 2.64. The lowest BCUT2D eigenvalue weighted by atomic mass is 10.2. The molecule has 0 aliphatic carbocycles. The number of benzene rings is 2. The van der Waals surface area contributed by atoms with Gasteiger partial charge in [-0.2, -0.15) is 0 Å². The lowest BCUT2D eigenvalue weighted by molar-refractivity contribution is 0.603. The second-order valence-corrected chi connectivity index (χ2v) is 7.00. The standard InChI is InChI=1S/C15H12BrFO2S/c16-15-4-2-1-3-13(15)9-10-20(18,19)11-12-5-7-14(17)8-6-12/h1-10H,11H2/b10-9+. The molecule has 2 aromatic rings. The molecule has 0 fully saturated rings. The zero-order valence-corrected chi connectivity index (χ0v) is 12.9. The monoisotopic (exact) mass is 354 g/mol. The van der Waals surface area contributed by atoms with Crippen LogP contribution in [0.25, 0.3) is 6.08 Å². The summed E-state index contributed by atoms with van der Waals surface area (Å²) in [5.41, 5.74) is 1.35. The SMILES string of the molecule is O=S(=O)(/C=C/c1ccccc1Br)Cc1ccc(F)cc1. The first-order valence-electron chi connectivity index (χ1n) is 5.86. The van der Waals surface area contributed by atoms with Crippen LogP contribution in [-0.4, -0.2) is 8.42 Å². The van der Waals surface area contributed by atoms with E-state index in [0.717, 1.165) is 10.0 Å². The van der Waals surface area contributed by atoms with E-state index >= 15 is 0 Å². The molecule has 0 N–H and O–H groups in total. The van der Waals surface area contributed by atoms with Crippen LogP contribution in [0.15, 0.2) is 58.4 Å². The highest BCUT2D eigenvalue weighted by atomic mass is 79.9. The Kier molecular flexibility index (Phi) is 4.73. The van der Waals surface area contributed by atoms with Gasteiger partial charge in [0.25, 0.3) is 0 Å². The number of hydrogen-bond acceptors (Lipinski definition) is 2. The van der Waals surface area contributed by atoms with E-state index in [1.165, 1.54) is 29.7 Å². The van der Waals surface area contributed by atoms with E-state index in [1.807, 2.05) is 24.3 Å². The average Bonchev–Trinajstić information content (AvgIpc) is 2.40. The zero-order valence-electron chi connectivity index (χ0n) is 10.5. The van der Waals surface area contributed by atoms with E-state index in [4.69, 9.17) is 0 Å². The smallest absolute Gasteiger partial charge is 0.175 e. The van der Waals surface area contributed by atoms with Crippen molar-refractivity contribution in [1.29, 1.82) is 0 Å². The Balaban J connectivity index is 2.15. The van der Waals surface area contributed by atoms with Crippen LogP contribution in [-0.2, 0) is 15.6 Å². The average molecular weight is 355 g/mol. The summed E-state index contributed by atoms with van der Waals surface area (Å²) in [6.07, 6.45) is 1.54. The number of hydrogen-bond donors (Lipinski definition) is 0. The van der Waals surface area contributed by atoms with Gasteiger partial charge >= 0.3 is 0 Å². The summed E-state index contributed by atoms with van der Waals surface area (Å²) in [5, 5.41) is 1.18. The fourth-order valence-corrected chi connectivity index (χ4v) is 3.17. The van der Waals surface area contributed by atoms with Crippen molar-refractivity contribution in [1.82, 2.24) is 0 Å². The Morgan fingerprint density at radius 1 is 1.05 bits per heavy atom. The fraction of sp³-hybridized carbons (Fsp3) is 0.0667. The maximum absolute atomic E-state index is 12.8. The van der Waals surface area contributed by atoms with Crippen LogP contribution in [0.2, 0.25) is 0 Å². The van der Waals surface area contributed by atoms with Gasteiger partial charge < -0.3 is 0 Å². The van der Waals surface area contributed by atoms with E-state index in [9.17, 15) is 12.8 Å². The van der Waals surface area contributed by atoms with Crippen molar-refractivity contribution in [3.8, 4) is 0 Å². The molecule has 0 saturated heterocycles. The van der Waals surface area contributed by atoms with Crippen LogP contribution in [0.4, 0.5) is 4.39 Å². The van der Waals surface area contributed by atoms with E-state index in [0.29, 0.717) is 5.56 Å². The van der Waals surface area contributed by atoms with Crippen LogP contribution in [0.5, 0.6) is 0 Å². The molecule has 0 atom stereocenters. The highest BCUT2D eigenvalue weighted by Crippen LogP contribution is 2.18. The third-order valence-corrected chi connectivity index (χ3v) is 4.65. The minimum Gasteiger partial charge on any atom is -0.224 e. The van der Waals surface area contributed by atoms with Gasteiger partial charge in [-0.05, 0) is 35.4 Å². The van der Waals surface area contributed by atoms with Crippen molar-refractivity contribution in [2.24, 2.45) is 0 Å². The fourth-order valence-electron chi connectivity index (χ4n) is 1.65. The van der Waals surface area contributed by atoms with Crippen molar-refractivity contribution in [2.45, 2.75) is 5.75 Å². The first kappa shape index (κ1) is 14.9. The molecule has 104 valence electrons. The lowest BCUT2D eigenvalue weighted by Gasteiger charge is -2.01. The Labute approximate surface area is 126 Å². The summed E-state index contributed by atoms with van der Waals surface area (Å²) in [4.78, 5) is 0. The van der Waals surface area contributed by atoms with Crippen molar-refractivity contribution < 1.29 is 12.8 Å². The molecule has 0 aliphatic rings. The second-order valence-electron chi connectivity index (χ2n) is 4.26. The van der Waals surface area contributed by atoms with Gasteiger partial charge in [0.2, 0.25) is 0 Å². The van der Waals surface area contributed by atoms with Crippen molar-refractivity contribution in [3.63, 3.8) is 0 Å². The van der Waals surface area contributed by atoms with Gasteiger partial charge in [-0.3, -0.25) is 0 Å². The topological polar surface area (TPSA) is 34.1 Å². The van der Waals surface area contributed by atoms with Crippen LogP contribution < -0.4 is 0 Å². The quantitative estimate of drug-likeness (QED) is 0.825. The van der Waals surface area contributed by atoms with Gasteiger partial charge in [0, 0.05) is 9.88 Å². The maximum atomic E-state index is 12.8. The largest absolute Gasteiger partial charge is 0.224 e. The Bertz CT molecular complexity index is 722. The molecule has 0 aromatic heterocycles. The molecule has 5 heteroatoms. The highest BCUT2D eigenvalue weighted by Gasteiger charge is 2.08. The number of halogens is 2. The van der Waals surface area contributed by atoms with Gasteiger partial charge in [-0.15, -0.1) is 0 Å². The molecular formula is C15H12BrFO2S. The van der Waals surface area contributed by atoms with Crippen LogP contribution in [0.3, 0.4) is 0 Å². The predicted octanol–water partition coefficient (Wildman–Crippen LogP) is 4.17. The summed E-state index contributed by atoms with van der Waals surface area (Å²) in [6.45, 7) is 0. The van der Waals surface area contributed by atoms with Gasteiger partial charge in [0.05, 0.1) is 5.75 Å². The zero-order chi connectivity index (χ0) is 14.6. The summed E-state index contributed by atoms with van der Waals surface area (Å²) in [7, 11) is -3.39. The molecule has 2 rings (SSSR count). The van der Waals surface area contributed by atoms with Gasteiger partial charge in [0.1, 0.15) is 5.82 Å². The van der Waals surface area contributed by atoms with E-state index in [1.54, 1.807) is 6.08 Å². The molecule has 0 saturated carbocycles. The molecular weight excluding hydrogens is 343 g/mol. The van der Waals surface area contributed by atoms with Gasteiger partial charge in [0.15, 0.2) is 9.84 Å². The normalized spacial score (nSPS) is 11.9. The van der Waals surface area contributed by atoms with Gasteiger partial charge in [-0.25, -0.2) is 12.8 Å². The molecule has 2 nitrogen and oxygen atoms in total. The van der Waals surface area contributed by atoms with E-state index in [-0.39, 0.29) is 11.6 Å². The Morgan fingerprint density at radius 2 is 1.70 bits per heavy atom. The third kappa shape index (κ3) is 4.28. The summed E-state index contributed by atoms with van der Waals surface area (Å²) in [6, 6.07) is 12.8. The molecule has 0 radical (unpaired) electrons. The Morgan fingerprint density at radius 3 is 2.35 bits per heavy atom. The summed E-state index contributed by atoms with van der Waals surface area (Å²) < 4.78 is 37.5. The molecule has 0 unspecified atom stereocenters. The van der Waals surface area contributed by atoms with Crippen LogP contribution >= 0.6 is 15.9 Å². The first-order chi connectivity index (χ1) is 9.46. The second kappa shape index (κ2) is 6.33. The predicted molar refractivity (Wildman–Crippen MR) is 82.2 cm³/mol. The maximum Gasteiger partial charge on any atom is 0.175 e. The van der Waals surface area contributed by atoms with E-state index in [2.05, 4.69) is 15.9 Å². The number of rotatable bonds is 4. The number of sulfone groups is 1. The van der Waals surface area contributed by atoms with Crippen LogP contribution in [0, 0.1) is 5.82 Å². The van der Waals surface area contributed by atoms with Gasteiger partial charge in [-0.1, -0.05) is 46.3 Å². The molecule has 0 spiro atoms. The summed E-state index contributed by atoms with van der Waals surface area (Å²) >= 11 is 3.35. The summed E-state index contributed by atoms with van der Waals surface area (Å²) in [5.74, 6) is -0.524. The van der Waals surface area contributed by atoms with E-state index < -0.39 is 9.84 Å². The highest BCUT2D eigenvalue weighted by molar-refractivity contribution is 9.10. The first-order valence-corrected chi connectivity index (χ1v) is 8.37.